The maximum absolute atomic E-state index is 12.8. The average Bonchev–Trinajstić information content (AvgIpc) is 3.09. The molecular weight excluding hydrogens is 380 g/mol. The third-order valence-corrected chi connectivity index (χ3v) is 5.84. The third kappa shape index (κ3) is 3.05. The van der Waals surface area contributed by atoms with Gasteiger partial charge >= 0.3 is 0 Å². The molecule has 0 spiro atoms. The SMILES string of the molecule is C=CCn1c(=O)c2ccccc2n2c(S[C@@H](C)c3ccccc3Cl)nnc12. The second-order valence-corrected chi connectivity index (χ2v) is 7.84. The second kappa shape index (κ2) is 7.21. The maximum Gasteiger partial charge on any atom is 0.263 e. The van der Waals surface area contributed by atoms with Gasteiger partial charge in [-0.15, -0.1) is 16.8 Å². The predicted molar refractivity (Wildman–Crippen MR) is 111 cm³/mol. The minimum Gasteiger partial charge on any atom is -0.272 e. The summed E-state index contributed by atoms with van der Waals surface area (Å²) >= 11 is 7.91. The second-order valence-electron chi connectivity index (χ2n) is 6.12. The monoisotopic (exact) mass is 396 g/mol. The molecule has 0 saturated carbocycles. The average molecular weight is 397 g/mol. The number of nitrogens with zero attached hydrogens (tertiary/aromatic N) is 4. The molecule has 0 N–H and O–H groups in total. The number of halogens is 1. The van der Waals surface area contributed by atoms with Gasteiger partial charge in [-0.25, -0.2) is 0 Å². The Morgan fingerprint density at radius 2 is 1.93 bits per heavy atom. The van der Waals surface area contributed by atoms with E-state index in [-0.39, 0.29) is 10.8 Å². The van der Waals surface area contributed by atoms with E-state index in [9.17, 15) is 4.79 Å². The fourth-order valence-corrected chi connectivity index (χ4v) is 4.52. The van der Waals surface area contributed by atoms with Gasteiger partial charge in [-0.3, -0.25) is 13.8 Å². The molecule has 0 radical (unpaired) electrons. The largest absolute Gasteiger partial charge is 0.272 e. The van der Waals surface area contributed by atoms with Gasteiger partial charge in [0, 0.05) is 16.8 Å². The zero-order valence-corrected chi connectivity index (χ0v) is 16.2. The summed E-state index contributed by atoms with van der Waals surface area (Å²) in [7, 11) is 0. The molecule has 4 rings (SSSR count). The van der Waals surface area contributed by atoms with Crippen LogP contribution in [0.4, 0.5) is 0 Å². The highest BCUT2D eigenvalue weighted by Crippen LogP contribution is 2.37. The van der Waals surface area contributed by atoms with Crippen LogP contribution in [0.2, 0.25) is 5.02 Å². The quantitative estimate of drug-likeness (QED) is 0.361. The summed E-state index contributed by atoms with van der Waals surface area (Å²) in [5.74, 6) is 0.507. The van der Waals surface area contributed by atoms with Crippen LogP contribution in [-0.2, 0) is 6.54 Å². The van der Waals surface area contributed by atoms with E-state index < -0.39 is 0 Å². The Hall–Kier alpha value is -2.57. The lowest BCUT2D eigenvalue weighted by atomic mass is 10.2. The lowest BCUT2D eigenvalue weighted by Crippen LogP contribution is -2.22. The van der Waals surface area contributed by atoms with Crippen molar-refractivity contribution in [3.05, 3.63) is 82.1 Å². The summed E-state index contributed by atoms with van der Waals surface area (Å²) in [5.41, 5.74) is 1.72. The first-order valence-electron chi connectivity index (χ1n) is 8.50. The van der Waals surface area contributed by atoms with Crippen molar-refractivity contribution in [3.63, 3.8) is 0 Å². The van der Waals surface area contributed by atoms with E-state index in [1.165, 1.54) is 0 Å². The van der Waals surface area contributed by atoms with Crippen LogP contribution in [0.5, 0.6) is 0 Å². The number of hydrogen-bond acceptors (Lipinski definition) is 4. The van der Waals surface area contributed by atoms with Gasteiger partial charge in [0.1, 0.15) is 0 Å². The topological polar surface area (TPSA) is 52.2 Å². The molecule has 2 aromatic heterocycles. The van der Waals surface area contributed by atoms with Crippen LogP contribution in [0.3, 0.4) is 0 Å². The van der Waals surface area contributed by atoms with Gasteiger partial charge in [-0.2, -0.15) is 0 Å². The van der Waals surface area contributed by atoms with Crippen LogP contribution in [0.15, 0.2) is 71.1 Å². The van der Waals surface area contributed by atoms with Crippen molar-refractivity contribution in [2.75, 3.05) is 0 Å². The van der Waals surface area contributed by atoms with Crippen molar-refractivity contribution in [1.82, 2.24) is 19.2 Å². The van der Waals surface area contributed by atoms with Gasteiger partial charge in [0.15, 0.2) is 5.16 Å². The molecule has 7 heteroatoms. The molecule has 2 heterocycles. The van der Waals surface area contributed by atoms with Gasteiger partial charge < -0.3 is 0 Å². The number of thioether (sulfide) groups is 1. The van der Waals surface area contributed by atoms with E-state index in [0.29, 0.717) is 22.9 Å². The summed E-state index contributed by atoms with van der Waals surface area (Å²) in [6.07, 6.45) is 1.68. The van der Waals surface area contributed by atoms with Gasteiger partial charge in [-0.1, -0.05) is 59.8 Å². The van der Waals surface area contributed by atoms with Crippen LogP contribution in [0.1, 0.15) is 17.7 Å². The Morgan fingerprint density at radius 3 is 2.70 bits per heavy atom. The summed E-state index contributed by atoms with van der Waals surface area (Å²) in [5, 5.41) is 10.8. The Labute approximate surface area is 165 Å². The van der Waals surface area contributed by atoms with Crippen molar-refractivity contribution >= 4 is 40.0 Å². The molecule has 1 atom stereocenters. The van der Waals surface area contributed by atoms with Gasteiger partial charge in [0.05, 0.1) is 10.9 Å². The number of para-hydroxylation sites is 1. The van der Waals surface area contributed by atoms with Crippen molar-refractivity contribution in [2.24, 2.45) is 0 Å². The molecule has 0 bridgehead atoms. The fraction of sp³-hybridized carbons (Fsp3) is 0.150. The molecule has 4 aromatic rings. The number of benzene rings is 2. The smallest absolute Gasteiger partial charge is 0.263 e. The predicted octanol–water partition coefficient (Wildman–Crippen LogP) is 4.74. The number of allylic oxidation sites excluding steroid dienone is 1. The Balaban J connectivity index is 1.91. The van der Waals surface area contributed by atoms with E-state index in [1.54, 1.807) is 22.4 Å². The van der Waals surface area contributed by atoms with Crippen molar-refractivity contribution in [2.45, 2.75) is 23.9 Å². The highest BCUT2D eigenvalue weighted by Gasteiger charge is 2.19. The third-order valence-electron chi connectivity index (χ3n) is 4.42. The maximum atomic E-state index is 12.8. The highest BCUT2D eigenvalue weighted by atomic mass is 35.5. The molecule has 0 unspecified atom stereocenters. The Bertz CT molecular complexity index is 1210. The summed E-state index contributed by atoms with van der Waals surface area (Å²) < 4.78 is 3.52. The first-order valence-corrected chi connectivity index (χ1v) is 9.76. The van der Waals surface area contributed by atoms with E-state index >= 15 is 0 Å². The van der Waals surface area contributed by atoms with Crippen LogP contribution < -0.4 is 5.56 Å². The first kappa shape index (κ1) is 17.8. The molecule has 5 nitrogen and oxygen atoms in total. The molecule has 0 aliphatic rings. The van der Waals surface area contributed by atoms with Gasteiger partial charge in [0.2, 0.25) is 5.78 Å². The normalized spacial score (nSPS) is 12.5. The molecular formula is C20H17ClN4OS. The fourth-order valence-electron chi connectivity index (χ4n) is 3.13. The lowest BCUT2D eigenvalue weighted by Gasteiger charge is -2.13. The van der Waals surface area contributed by atoms with Crippen LogP contribution >= 0.6 is 23.4 Å². The zero-order chi connectivity index (χ0) is 19.0. The zero-order valence-electron chi connectivity index (χ0n) is 14.7. The number of aromatic nitrogens is 4. The van der Waals surface area contributed by atoms with Crippen molar-refractivity contribution < 1.29 is 0 Å². The van der Waals surface area contributed by atoms with Crippen LogP contribution in [0.25, 0.3) is 16.7 Å². The van der Waals surface area contributed by atoms with E-state index in [2.05, 4.69) is 23.7 Å². The van der Waals surface area contributed by atoms with Gasteiger partial charge in [0.25, 0.3) is 5.56 Å². The number of rotatable bonds is 5. The molecule has 0 saturated heterocycles. The minimum atomic E-state index is -0.0962. The van der Waals surface area contributed by atoms with Crippen LogP contribution in [0, 0.1) is 0 Å². The summed E-state index contributed by atoms with van der Waals surface area (Å²) in [4.78, 5) is 12.8. The molecule has 27 heavy (non-hydrogen) atoms. The summed E-state index contributed by atoms with van der Waals surface area (Å²) in [6.45, 7) is 6.20. The molecule has 2 aromatic carbocycles. The number of fused-ring (bicyclic) bond motifs is 3. The van der Waals surface area contributed by atoms with Crippen molar-refractivity contribution in [1.29, 1.82) is 0 Å². The molecule has 136 valence electrons. The van der Waals surface area contributed by atoms with E-state index in [0.717, 1.165) is 16.1 Å². The van der Waals surface area contributed by atoms with Crippen LogP contribution in [-0.4, -0.2) is 19.2 Å². The van der Waals surface area contributed by atoms with E-state index in [1.807, 2.05) is 52.9 Å². The molecule has 0 aliphatic carbocycles. The van der Waals surface area contributed by atoms with Crippen molar-refractivity contribution in [3.8, 4) is 0 Å². The minimum absolute atomic E-state index is 0.0737. The first-order chi connectivity index (χ1) is 13.1. The Kier molecular flexibility index (Phi) is 4.76. The summed E-state index contributed by atoms with van der Waals surface area (Å²) in [6, 6.07) is 15.3. The molecule has 0 amide bonds. The lowest BCUT2D eigenvalue weighted by molar-refractivity contribution is 0.783. The van der Waals surface area contributed by atoms with E-state index in [4.69, 9.17) is 11.6 Å². The number of hydrogen-bond donors (Lipinski definition) is 0. The molecule has 0 fully saturated rings. The van der Waals surface area contributed by atoms with Gasteiger partial charge in [-0.05, 0) is 30.7 Å². The standard InChI is InChI=1S/C20H17ClN4OS/c1-3-12-24-18(26)15-9-5-7-11-17(15)25-19(24)22-23-20(25)27-13(2)14-8-4-6-10-16(14)21/h3-11,13H,1,12H2,2H3/t13-/m0/s1. The Morgan fingerprint density at radius 1 is 1.19 bits per heavy atom. The molecule has 0 aliphatic heterocycles. The highest BCUT2D eigenvalue weighted by molar-refractivity contribution is 7.99.